The molecule has 0 aliphatic heterocycles. The summed E-state index contributed by atoms with van der Waals surface area (Å²) in [7, 11) is 0. The van der Waals surface area contributed by atoms with E-state index in [0.29, 0.717) is 0 Å². The fourth-order valence-electron chi connectivity index (χ4n) is 4.95. The van der Waals surface area contributed by atoms with Crippen LogP contribution in [0, 0.1) is 0 Å². The van der Waals surface area contributed by atoms with Gasteiger partial charge >= 0.3 is 0 Å². The Bertz CT molecular complexity index is 1330. The minimum absolute atomic E-state index is 1.10. The molecule has 0 radical (unpaired) electrons. The first-order chi connectivity index (χ1) is 19.7. The van der Waals surface area contributed by atoms with E-state index >= 15 is 0 Å². The van der Waals surface area contributed by atoms with E-state index < -0.39 is 0 Å². The smallest absolute Gasteiger partial charge is 0.0384 e. The van der Waals surface area contributed by atoms with E-state index in [9.17, 15) is 0 Å². The first kappa shape index (κ1) is 27.3. The first-order valence-electron chi connectivity index (χ1n) is 14.7. The van der Waals surface area contributed by atoms with Gasteiger partial charge in [-0.15, -0.1) is 0 Å². The van der Waals surface area contributed by atoms with Gasteiger partial charge in [0, 0.05) is 22.7 Å². The van der Waals surface area contributed by atoms with Crippen molar-refractivity contribution in [1.82, 2.24) is 0 Å². The van der Waals surface area contributed by atoms with E-state index in [-0.39, 0.29) is 0 Å². The van der Waals surface area contributed by atoms with E-state index in [1.165, 1.54) is 59.1 Å². The van der Waals surface area contributed by atoms with Crippen molar-refractivity contribution in [3.63, 3.8) is 0 Å². The Kier molecular flexibility index (Phi) is 9.32. The highest BCUT2D eigenvalue weighted by Crippen LogP contribution is 2.28. The number of unbranched alkanes of at least 4 members (excludes halogenated alkanes) is 2. The molecule has 202 valence electrons. The molecule has 0 spiro atoms. The Morgan fingerprint density at radius 3 is 0.875 bits per heavy atom. The van der Waals surface area contributed by atoms with Crippen LogP contribution in [0.5, 0.6) is 0 Å². The van der Waals surface area contributed by atoms with Crippen molar-refractivity contribution in [2.24, 2.45) is 0 Å². The van der Waals surface area contributed by atoms with Crippen LogP contribution >= 0.6 is 0 Å². The van der Waals surface area contributed by atoms with E-state index in [1.807, 2.05) is 0 Å². The summed E-state index contributed by atoms with van der Waals surface area (Å²) in [6, 6.07) is 43.8. The summed E-state index contributed by atoms with van der Waals surface area (Å²) in [5.74, 6) is 0. The minimum atomic E-state index is 1.10. The topological polar surface area (TPSA) is 24.1 Å². The number of nitrogens with one attached hydrogen (secondary N) is 2. The van der Waals surface area contributed by atoms with Gasteiger partial charge in [-0.2, -0.15) is 0 Å². The second-order valence-electron chi connectivity index (χ2n) is 10.6. The van der Waals surface area contributed by atoms with Crippen LogP contribution in [-0.2, 0) is 12.8 Å². The quantitative estimate of drug-likeness (QED) is 0.170. The molecule has 0 atom stereocenters. The summed E-state index contributed by atoms with van der Waals surface area (Å²) in [4.78, 5) is 0. The van der Waals surface area contributed by atoms with Crippen LogP contribution in [0.15, 0.2) is 121 Å². The zero-order chi connectivity index (χ0) is 27.6. The van der Waals surface area contributed by atoms with Crippen LogP contribution in [0.2, 0.25) is 0 Å². The SMILES string of the molecule is CCCCc1ccc(Nc2ccc(-c3ccc(-c4ccc(Nc5ccc(CCCC)cc5)cc4)cc3)cc2)cc1. The lowest BCUT2D eigenvalue weighted by Crippen LogP contribution is -1.92. The Hall–Kier alpha value is -4.30. The van der Waals surface area contributed by atoms with Gasteiger partial charge in [0.2, 0.25) is 0 Å². The Labute approximate surface area is 240 Å². The predicted molar refractivity (Wildman–Crippen MR) is 174 cm³/mol. The summed E-state index contributed by atoms with van der Waals surface area (Å²) in [6.07, 6.45) is 7.26. The number of aryl methyl sites for hydroxylation is 2. The van der Waals surface area contributed by atoms with Crippen LogP contribution in [0.25, 0.3) is 22.3 Å². The molecule has 0 heterocycles. The van der Waals surface area contributed by atoms with Crippen molar-refractivity contribution in [3.8, 4) is 22.3 Å². The Morgan fingerprint density at radius 1 is 0.350 bits per heavy atom. The molecular weight excluding hydrogens is 484 g/mol. The standard InChI is InChI=1S/C38H40N2/c1-3-5-7-29-9-21-35(22-10-29)39-37-25-17-33(18-26-37)31-13-15-32(16-14-31)34-19-27-38(28-20-34)40-36-23-11-30(12-24-36)8-6-4-2/h9-28,39-40H,3-8H2,1-2H3. The third kappa shape index (κ3) is 7.42. The van der Waals surface area contributed by atoms with Gasteiger partial charge in [-0.1, -0.05) is 99.5 Å². The number of rotatable bonds is 12. The lowest BCUT2D eigenvalue weighted by atomic mass is 10.00. The maximum atomic E-state index is 3.52. The summed E-state index contributed by atoms with van der Waals surface area (Å²) in [6.45, 7) is 4.47. The van der Waals surface area contributed by atoms with Gasteiger partial charge in [0.05, 0.1) is 0 Å². The fourth-order valence-corrected chi connectivity index (χ4v) is 4.95. The lowest BCUT2D eigenvalue weighted by molar-refractivity contribution is 0.795. The molecule has 0 saturated carbocycles. The average molecular weight is 525 g/mol. The van der Waals surface area contributed by atoms with Crippen molar-refractivity contribution in [3.05, 3.63) is 132 Å². The highest BCUT2D eigenvalue weighted by atomic mass is 14.9. The largest absolute Gasteiger partial charge is 0.356 e. The number of hydrogen-bond acceptors (Lipinski definition) is 2. The van der Waals surface area contributed by atoms with E-state index in [2.05, 4.69) is 146 Å². The second kappa shape index (κ2) is 13.7. The molecule has 5 aromatic rings. The minimum Gasteiger partial charge on any atom is -0.356 e. The van der Waals surface area contributed by atoms with Gasteiger partial charge in [0.1, 0.15) is 0 Å². The molecule has 40 heavy (non-hydrogen) atoms. The zero-order valence-corrected chi connectivity index (χ0v) is 23.8. The molecule has 0 saturated heterocycles. The zero-order valence-electron chi connectivity index (χ0n) is 23.8. The Morgan fingerprint density at radius 2 is 0.600 bits per heavy atom. The number of benzene rings is 5. The number of anilines is 4. The summed E-state index contributed by atoms with van der Waals surface area (Å²) in [5.41, 5.74) is 12.1. The normalized spacial score (nSPS) is 10.8. The molecule has 0 unspecified atom stereocenters. The van der Waals surface area contributed by atoms with Crippen LogP contribution in [0.3, 0.4) is 0 Å². The predicted octanol–water partition coefficient (Wildman–Crippen LogP) is 11.2. The third-order valence-corrected chi connectivity index (χ3v) is 7.44. The highest BCUT2D eigenvalue weighted by Gasteiger charge is 2.03. The van der Waals surface area contributed by atoms with E-state index in [1.54, 1.807) is 0 Å². The maximum absolute atomic E-state index is 3.52. The van der Waals surface area contributed by atoms with E-state index in [4.69, 9.17) is 0 Å². The Balaban J connectivity index is 1.17. The molecule has 0 aromatic heterocycles. The summed E-state index contributed by atoms with van der Waals surface area (Å²) < 4.78 is 0. The van der Waals surface area contributed by atoms with Crippen LogP contribution in [0.4, 0.5) is 22.7 Å². The van der Waals surface area contributed by atoms with Crippen molar-refractivity contribution >= 4 is 22.7 Å². The number of hydrogen-bond donors (Lipinski definition) is 2. The molecule has 2 heteroatoms. The van der Waals surface area contributed by atoms with Crippen molar-refractivity contribution in [1.29, 1.82) is 0 Å². The molecule has 0 aliphatic carbocycles. The van der Waals surface area contributed by atoms with Gasteiger partial charge in [-0.25, -0.2) is 0 Å². The van der Waals surface area contributed by atoms with E-state index in [0.717, 1.165) is 35.6 Å². The molecule has 2 nitrogen and oxygen atoms in total. The third-order valence-electron chi connectivity index (χ3n) is 7.44. The molecule has 5 rings (SSSR count). The lowest BCUT2D eigenvalue weighted by Gasteiger charge is -2.10. The molecule has 5 aromatic carbocycles. The molecule has 0 aliphatic rings. The van der Waals surface area contributed by atoms with Crippen molar-refractivity contribution < 1.29 is 0 Å². The van der Waals surface area contributed by atoms with Crippen molar-refractivity contribution in [2.45, 2.75) is 52.4 Å². The van der Waals surface area contributed by atoms with Gasteiger partial charge in [-0.3, -0.25) is 0 Å². The van der Waals surface area contributed by atoms with Crippen LogP contribution in [-0.4, -0.2) is 0 Å². The molecular formula is C38H40N2. The first-order valence-corrected chi connectivity index (χ1v) is 14.7. The summed E-state index contributed by atoms with van der Waals surface area (Å²) >= 11 is 0. The highest BCUT2D eigenvalue weighted by molar-refractivity contribution is 5.73. The molecule has 0 bridgehead atoms. The van der Waals surface area contributed by atoms with Gasteiger partial charge in [-0.05, 0) is 108 Å². The molecule has 0 fully saturated rings. The average Bonchev–Trinajstić information content (AvgIpc) is 3.01. The second-order valence-corrected chi connectivity index (χ2v) is 10.6. The van der Waals surface area contributed by atoms with Gasteiger partial charge < -0.3 is 10.6 Å². The van der Waals surface area contributed by atoms with Crippen LogP contribution in [0.1, 0.15) is 50.7 Å². The molecule has 2 N–H and O–H groups in total. The van der Waals surface area contributed by atoms with Gasteiger partial charge in [0.25, 0.3) is 0 Å². The monoisotopic (exact) mass is 524 g/mol. The van der Waals surface area contributed by atoms with Gasteiger partial charge in [0.15, 0.2) is 0 Å². The fraction of sp³-hybridized carbons (Fsp3) is 0.211. The van der Waals surface area contributed by atoms with Crippen molar-refractivity contribution in [2.75, 3.05) is 10.6 Å². The van der Waals surface area contributed by atoms with Crippen LogP contribution < -0.4 is 10.6 Å². The maximum Gasteiger partial charge on any atom is 0.0384 e. The molecule has 0 amide bonds. The summed E-state index contributed by atoms with van der Waals surface area (Å²) in [5, 5.41) is 7.04.